The number of piperidine rings is 1. The van der Waals surface area contributed by atoms with Crippen molar-refractivity contribution in [1.82, 2.24) is 15.1 Å². The first kappa shape index (κ1) is 16.5. The quantitative estimate of drug-likeness (QED) is 0.769. The highest BCUT2D eigenvalue weighted by Gasteiger charge is 2.26. The Hall–Kier alpha value is -2.95. The van der Waals surface area contributed by atoms with Crippen molar-refractivity contribution in [2.75, 3.05) is 13.1 Å². The van der Waals surface area contributed by atoms with Gasteiger partial charge in [0.05, 0.1) is 17.5 Å². The van der Waals surface area contributed by atoms with Crippen LogP contribution in [0.25, 0.3) is 11.3 Å². The van der Waals surface area contributed by atoms with E-state index in [1.54, 1.807) is 18.3 Å². The minimum Gasteiger partial charge on any atom is -0.338 e. The monoisotopic (exact) mass is 349 g/mol. The molecule has 132 valence electrons. The molecule has 1 aromatic heterocycles. The first-order chi connectivity index (χ1) is 12.7. The van der Waals surface area contributed by atoms with Gasteiger partial charge in [0.1, 0.15) is 5.82 Å². The van der Waals surface area contributed by atoms with Crippen LogP contribution in [-0.4, -0.2) is 34.1 Å². The van der Waals surface area contributed by atoms with Gasteiger partial charge >= 0.3 is 0 Å². The number of H-pyrrole nitrogens is 1. The van der Waals surface area contributed by atoms with Gasteiger partial charge in [0, 0.05) is 18.7 Å². The molecule has 0 bridgehead atoms. The minimum atomic E-state index is -0.302. The van der Waals surface area contributed by atoms with Gasteiger partial charge in [-0.25, -0.2) is 4.39 Å². The van der Waals surface area contributed by atoms with Crippen LogP contribution in [0, 0.1) is 5.82 Å². The van der Waals surface area contributed by atoms with E-state index in [2.05, 4.69) is 34.5 Å². The smallest absolute Gasteiger partial charge is 0.257 e. The van der Waals surface area contributed by atoms with Crippen LogP contribution in [0.15, 0.2) is 60.8 Å². The van der Waals surface area contributed by atoms with Crippen molar-refractivity contribution >= 4 is 5.91 Å². The van der Waals surface area contributed by atoms with Gasteiger partial charge in [-0.15, -0.1) is 0 Å². The number of aromatic nitrogens is 2. The molecule has 4 rings (SSSR count). The maximum absolute atomic E-state index is 13.2. The topological polar surface area (TPSA) is 49.0 Å². The molecule has 1 aliphatic heterocycles. The lowest BCUT2D eigenvalue weighted by atomic mass is 9.89. The number of benzene rings is 2. The Balaban J connectivity index is 1.48. The van der Waals surface area contributed by atoms with E-state index in [0.29, 0.717) is 17.2 Å². The Bertz CT molecular complexity index is 881. The lowest BCUT2D eigenvalue weighted by Crippen LogP contribution is -2.38. The van der Waals surface area contributed by atoms with Crippen molar-refractivity contribution < 1.29 is 9.18 Å². The summed E-state index contributed by atoms with van der Waals surface area (Å²) in [4.78, 5) is 14.8. The average molecular weight is 349 g/mol. The number of amides is 1. The molecule has 0 radical (unpaired) electrons. The molecule has 1 amide bonds. The fraction of sp³-hybridized carbons (Fsp3) is 0.238. The lowest BCUT2D eigenvalue weighted by Gasteiger charge is -2.32. The summed E-state index contributed by atoms with van der Waals surface area (Å²) >= 11 is 0. The summed E-state index contributed by atoms with van der Waals surface area (Å²) in [6.07, 6.45) is 3.48. The number of aromatic amines is 1. The number of rotatable bonds is 3. The Labute approximate surface area is 151 Å². The molecule has 0 unspecified atom stereocenters. The van der Waals surface area contributed by atoms with Crippen LogP contribution < -0.4 is 0 Å². The third-order valence-electron chi connectivity index (χ3n) is 5.06. The number of likely N-dealkylation sites (tertiary alicyclic amines) is 1. The van der Waals surface area contributed by atoms with Gasteiger partial charge in [-0.2, -0.15) is 5.10 Å². The lowest BCUT2D eigenvalue weighted by molar-refractivity contribution is 0.0714. The zero-order valence-corrected chi connectivity index (χ0v) is 14.4. The van der Waals surface area contributed by atoms with Crippen LogP contribution in [0.2, 0.25) is 0 Å². The molecule has 5 heteroatoms. The van der Waals surface area contributed by atoms with Crippen LogP contribution >= 0.6 is 0 Å². The molecule has 0 saturated carbocycles. The van der Waals surface area contributed by atoms with Gasteiger partial charge in [-0.1, -0.05) is 30.3 Å². The summed E-state index contributed by atoms with van der Waals surface area (Å²) in [6.45, 7) is 1.46. The van der Waals surface area contributed by atoms with E-state index >= 15 is 0 Å². The van der Waals surface area contributed by atoms with E-state index < -0.39 is 0 Å². The van der Waals surface area contributed by atoms with Gasteiger partial charge < -0.3 is 4.90 Å². The Morgan fingerprint density at radius 1 is 1.04 bits per heavy atom. The van der Waals surface area contributed by atoms with Crippen LogP contribution in [-0.2, 0) is 0 Å². The molecule has 26 heavy (non-hydrogen) atoms. The summed E-state index contributed by atoms with van der Waals surface area (Å²) in [6, 6.07) is 16.5. The second kappa shape index (κ2) is 7.12. The summed E-state index contributed by atoms with van der Waals surface area (Å²) < 4.78 is 13.2. The van der Waals surface area contributed by atoms with E-state index in [9.17, 15) is 9.18 Å². The van der Waals surface area contributed by atoms with E-state index in [-0.39, 0.29) is 11.7 Å². The number of hydrogen-bond acceptors (Lipinski definition) is 2. The first-order valence-corrected chi connectivity index (χ1v) is 8.86. The van der Waals surface area contributed by atoms with Gasteiger partial charge in [0.15, 0.2) is 0 Å². The molecular weight excluding hydrogens is 329 g/mol. The fourth-order valence-electron chi connectivity index (χ4n) is 3.60. The highest BCUT2D eigenvalue weighted by Crippen LogP contribution is 2.29. The molecule has 1 saturated heterocycles. The van der Waals surface area contributed by atoms with Crippen molar-refractivity contribution in [3.05, 3.63) is 77.7 Å². The predicted octanol–water partition coefficient (Wildman–Crippen LogP) is 4.24. The van der Waals surface area contributed by atoms with Crippen molar-refractivity contribution in [3.63, 3.8) is 0 Å². The normalized spacial score (nSPS) is 15.2. The number of carbonyl (C=O) groups is 1. The van der Waals surface area contributed by atoms with Crippen LogP contribution in [0.1, 0.15) is 34.7 Å². The number of halogens is 1. The van der Waals surface area contributed by atoms with Gasteiger partial charge in [-0.05, 0) is 48.6 Å². The van der Waals surface area contributed by atoms with Crippen LogP contribution in [0.5, 0.6) is 0 Å². The number of carbonyl (C=O) groups excluding carboxylic acids is 1. The molecular formula is C21H20FN3O. The van der Waals surface area contributed by atoms with Crippen molar-refractivity contribution in [3.8, 4) is 11.3 Å². The maximum atomic E-state index is 13.2. The van der Waals surface area contributed by atoms with Crippen LogP contribution in [0.3, 0.4) is 0 Å². The summed E-state index contributed by atoms with van der Waals surface area (Å²) in [5.41, 5.74) is 3.27. The highest BCUT2D eigenvalue weighted by molar-refractivity contribution is 5.99. The molecule has 1 N–H and O–H groups in total. The fourth-order valence-corrected chi connectivity index (χ4v) is 3.60. The molecule has 1 fully saturated rings. The predicted molar refractivity (Wildman–Crippen MR) is 98.3 cm³/mol. The molecule has 0 aliphatic carbocycles. The van der Waals surface area contributed by atoms with Crippen molar-refractivity contribution in [1.29, 1.82) is 0 Å². The largest absolute Gasteiger partial charge is 0.338 e. The van der Waals surface area contributed by atoms with Gasteiger partial charge in [-0.3, -0.25) is 9.89 Å². The second-order valence-electron chi connectivity index (χ2n) is 6.64. The Kier molecular flexibility index (Phi) is 4.52. The van der Waals surface area contributed by atoms with Crippen LogP contribution in [0.4, 0.5) is 4.39 Å². The third kappa shape index (κ3) is 3.25. The number of hydrogen-bond donors (Lipinski definition) is 1. The highest BCUT2D eigenvalue weighted by atomic mass is 19.1. The molecule has 0 atom stereocenters. The number of nitrogens with zero attached hydrogens (tertiary/aromatic N) is 2. The summed E-state index contributed by atoms with van der Waals surface area (Å²) in [5.74, 6) is 0.176. The zero-order valence-electron chi connectivity index (χ0n) is 14.4. The second-order valence-corrected chi connectivity index (χ2v) is 6.64. The van der Waals surface area contributed by atoms with Crippen molar-refractivity contribution in [2.45, 2.75) is 18.8 Å². The van der Waals surface area contributed by atoms with E-state index in [1.165, 1.54) is 17.7 Å². The Morgan fingerprint density at radius 3 is 2.42 bits per heavy atom. The van der Waals surface area contributed by atoms with E-state index in [0.717, 1.165) is 31.5 Å². The van der Waals surface area contributed by atoms with Gasteiger partial charge in [0.2, 0.25) is 0 Å². The molecule has 0 spiro atoms. The Morgan fingerprint density at radius 2 is 1.73 bits per heavy atom. The molecule has 2 aromatic carbocycles. The third-order valence-corrected chi connectivity index (χ3v) is 5.06. The zero-order chi connectivity index (χ0) is 17.9. The van der Waals surface area contributed by atoms with Gasteiger partial charge in [0.25, 0.3) is 5.91 Å². The van der Waals surface area contributed by atoms with E-state index in [1.807, 2.05) is 11.0 Å². The standard InChI is InChI=1S/C21H20FN3O/c22-18-8-6-17(7-9-18)20-19(14-23-24-20)21(26)25-12-10-16(11-13-25)15-4-2-1-3-5-15/h1-9,14,16H,10-13H2,(H,23,24). The maximum Gasteiger partial charge on any atom is 0.257 e. The minimum absolute atomic E-state index is 0.0235. The summed E-state index contributed by atoms with van der Waals surface area (Å²) in [7, 11) is 0. The van der Waals surface area contributed by atoms with Crippen molar-refractivity contribution in [2.24, 2.45) is 0 Å². The summed E-state index contributed by atoms with van der Waals surface area (Å²) in [5, 5.41) is 6.91. The molecule has 1 aliphatic rings. The first-order valence-electron chi connectivity index (χ1n) is 8.86. The average Bonchev–Trinajstić information content (AvgIpc) is 3.19. The SMILES string of the molecule is O=C(c1cn[nH]c1-c1ccc(F)cc1)N1CCC(c2ccccc2)CC1. The molecule has 2 heterocycles. The molecule has 4 nitrogen and oxygen atoms in total. The molecule has 3 aromatic rings. The van der Waals surface area contributed by atoms with E-state index in [4.69, 9.17) is 0 Å². The number of nitrogens with one attached hydrogen (secondary N) is 1.